The van der Waals surface area contributed by atoms with Crippen LogP contribution in [0.1, 0.15) is 423 Å². The number of rotatable bonds is 16. The summed E-state index contributed by atoms with van der Waals surface area (Å²) in [4.78, 5) is 0. The second kappa shape index (κ2) is 39.3. The van der Waals surface area contributed by atoms with Crippen LogP contribution in [0.4, 0.5) is 0 Å². The highest BCUT2D eigenvalue weighted by atomic mass is 16.6. The Morgan fingerprint density at radius 2 is 0.760 bits per heavy atom. The van der Waals surface area contributed by atoms with Crippen molar-refractivity contribution in [3.63, 3.8) is 0 Å². The highest BCUT2D eigenvalue weighted by Crippen LogP contribution is 2.73. The van der Waals surface area contributed by atoms with Gasteiger partial charge in [-0.25, -0.2) is 0 Å². The molecule has 3 N–H and O–H groups in total. The van der Waals surface area contributed by atoms with E-state index in [1.807, 2.05) is 19.9 Å². The fraction of sp³-hybridized carbons (Fsp3) is 0.879. The summed E-state index contributed by atoms with van der Waals surface area (Å²) in [5.74, 6) is 21.9. The fourth-order valence-electron chi connectivity index (χ4n) is 39.0. The summed E-state index contributed by atoms with van der Waals surface area (Å²) in [5, 5.41) is 64.5. The van der Waals surface area contributed by atoms with Gasteiger partial charge in [0.2, 0.25) is 0 Å². The zero-order valence-electron chi connectivity index (χ0n) is 84.9. The van der Waals surface area contributed by atoms with Crippen LogP contribution in [0.5, 0.6) is 0 Å². The summed E-state index contributed by atoms with van der Waals surface area (Å²) in [5.41, 5.74) is 6.03. The van der Waals surface area contributed by atoms with Gasteiger partial charge in [-0.1, -0.05) is 121 Å². The Hall–Kier alpha value is -4.32. The highest BCUT2D eigenvalue weighted by molar-refractivity contribution is 5.24. The molecular formula is C116H185N9O4. The van der Waals surface area contributed by atoms with E-state index in [0.29, 0.717) is 74.1 Å². The maximum absolute atomic E-state index is 11.7. The van der Waals surface area contributed by atoms with Gasteiger partial charge in [0.05, 0.1) is 71.8 Å². The zero-order chi connectivity index (χ0) is 91.5. The van der Waals surface area contributed by atoms with Gasteiger partial charge < -0.3 is 19.7 Å². The van der Waals surface area contributed by atoms with E-state index in [9.17, 15) is 10.2 Å². The Morgan fingerprint density at radius 1 is 0.426 bits per heavy atom. The molecule has 2 aliphatic heterocycles. The van der Waals surface area contributed by atoms with Crippen LogP contribution in [0.25, 0.3) is 0 Å². The molecule has 718 valence electrons. The predicted molar refractivity (Wildman–Crippen MR) is 522 cm³/mol. The maximum atomic E-state index is 11.7. The smallest absolute Gasteiger partial charge is 0.102 e. The minimum Gasteiger partial charge on any atom is -0.388 e. The quantitative estimate of drug-likeness (QED) is 0.0916. The average molecular weight is 1770 g/mol. The number of ether oxygens (including phenoxy) is 2. The third kappa shape index (κ3) is 19.7. The molecule has 2 saturated heterocycles. The number of epoxide rings is 1. The van der Waals surface area contributed by atoms with Crippen molar-refractivity contribution in [3.05, 3.63) is 66.0 Å². The molecule has 129 heavy (non-hydrogen) atoms. The molecule has 18 aliphatic rings. The highest BCUT2D eigenvalue weighted by Gasteiger charge is 2.67. The lowest BCUT2D eigenvalue weighted by molar-refractivity contribution is -0.119. The number of aromatic nitrogens is 6. The molecular weight excluding hydrogens is 1580 g/mol. The molecule has 0 bridgehead atoms. The van der Waals surface area contributed by atoms with Gasteiger partial charge in [-0.15, -0.1) is 0 Å². The minimum absolute atomic E-state index is 0.230. The summed E-state index contributed by atoms with van der Waals surface area (Å²) in [6, 6.07) is 6.23. The molecule has 16 saturated carbocycles. The van der Waals surface area contributed by atoms with E-state index in [4.69, 9.17) is 25.3 Å². The van der Waals surface area contributed by atoms with Gasteiger partial charge in [0.25, 0.3) is 0 Å². The van der Waals surface area contributed by atoms with E-state index in [1.165, 1.54) is 243 Å². The predicted octanol–water partition coefficient (Wildman–Crippen LogP) is 28.7. The molecule has 18 fully saturated rings. The fourth-order valence-corrected chi connectivity index (χ4v) is 39.0. The van der Waals surface area contributed by atoms with Crippen molar-refractivity contribution in [1.29, 1.82) is 15.8 Å². The lowest BCUT2D eigenvalue weighted by Gasteiger charge is -2.58. The first kappa shape index (κ1) is 97.8. The van der Waals surface area contributed by atoms with Crippen molar-refractivity contribution >= 4 is 0 Å². The Bertz CT molecular complexity index is 4160. The normalized spacial score (nSPS) is 45.9. The standard InChI is InChI=1S/2C29H45N3O.C25H42O.C25H42.C4H3N3.C4H8O/c2*1-5-12-27(2)13-10-22-21(15-27)6-7-24-23(22)11-14-28(3)25(24)8-9-26(28)29(4,33)19-32-18-20(16-30)17-31-32;1-5-12-23(2)13-10-18-17(15-23)6-7-20-19(18)11-14-24(3)21(20)8-9-22(24)25(4)16-26-25;1-6-13-24(4)14-11-19-18(16-24)7-8-21-20(19)12-15-25(5)22(17(2)3)9-10-23(21)25;5-1-4-2-6-7-3-4;1-2-4-5-3-1/h2*17-18,21-26,33H,5-15,19H2,1-4H3;17-22H,5-16H2,1-4H3;18-23H,2,6-16H2,1,3-5H3;2-3H,(H,6,7);1-4H2/t21-,22+,23-,24-,25+,26+,27+,28+,29+;21-,22+,23-,24-,25+,26+,27+,28+,29-;17-,18+,19-,20-,21+,22+,23+,24+,25?;18-,19+,20-,21-,22-,23+,24+,25-;;/m1111../s1. The second-order valence-electron chi connectivity index (χ2n) is 52.3. The number of hydrogen-bond donors (Lipinski definition) is 3. The number of aliphatic hydroxyl groups is 2. The largest absolute Gasteiger partial charge is 0.388 e. The molecule has 1 unspecified atom stereocenters. The van der Waals surface area contributed by atoms with Crippen LogP contribution in [0.3, 0.4) is 0 Å². The first-order valence-corrected chi connectivity index (χ1v) is 55.1. The van der Waals surface area contributed by atoms with E-state index < -0.39 is 11.2 Å². The van der Waals surface area contributed by atoms with E-state index in [1.54, 1.807) is 91.7 Å². The first-order chi connectivity index (χ1) is 61.6. The Labute approximate surface area is 785 Å². The summed E-state index contributed by atoms with van der Waals surface area (Å²) in [6.07, 6.45) is 75.5. The zero-order valence-corrected chi connectivity index (χ0v) is 84.9. The molecule has 16 aliphatic carbocycles. The van der Waals surface area contributed by atoms with Crippen molar-refractivity contribution in [1.82, 2.24) is 29.8 Å². The van der Waals surface area contributed by atoms with Crippen LogP contribution in [0, 0.1) is 219 Å². The van der Waals surface area contributed by atoms with Crippen LogP contribution < -0.4 is 0 Å². The van der Waals surface area contributed by atoms with E-state index in [2.05, 4.69) is 136 Å². The van der Waals surface area contributed by atoms with E-state index in [0.717, 1.165) is 163 Å². The van der Waals surface area contributed by atoms with E-state index >= 15 is 0 Å². The van der Waals surface area contributed by atoms with Gasteiger partial charge in [-0.05, 0) is 483 Å². The van der Waals surface area contributed by atoms with Gasteiger partial charge in [-0.2, -0.15) is 31.1 Å². The van der Waals surface area contributed by atoms with Gasteiger partial charge in [0.15, 0.2) is 0 Å². The number of aromatic amines is 1. The topological polar surface area (TPSA) is 198 Å². The lowest BCUT2D eigenvalue weighted by atomic mass is 9.47. The Morgan fingerprint density at radius 3 is 1.07 bits per heavy atom. The lowest BCUT2D eigenvalue weighted by Crippen LogP contribution is -2.53. The molecule has 5 heterocycles. The number of fused-ring (bicyclic) bond motifs is 20. The van der Waals surface area contributed by atoms with Gasteiger partial charge in [0.1, 0.15) is 18.2 Å². The molecule has 0 spiro atoms. The van der Waals surface area contributed by atoms with Crippen molar-refractivity contribution in [3.8, 4) is 18.2 Å². The van der Waals surface area contributed by atoms with Crippen molar-refractivity contribution in [2.75, 3.05) is 19.8 Å². The summed E-state index contributed by atoms with van der Waals surface area (Å²) in [6.45, 7) is 47.3. The summed E-state index contributed by atoms with van der Waals surface area (Å²) < 4.78 is 14.5. The molecule has 0 aromatic carbocycles. The minimum atomic E-state index is -0.793. The monoisotopic (exact) mass is 1770 g/mol. The SMILES string of the molecule is C1CCOC1.C=C(C)[C@H]1CC[C@H]2[C@@H]3CC[C@@H]4C[C@@](C)(CCC)CC[C@@H]4[C@H]3CC[C@]12C.CCC[C@@]1(C)CC[C@H]2[C@H](CC[C@@H]3[C@@H]2CC[C@@]2(C)[C@H]3CC[C@@H]2[C@@](C)(O)Cn2cc(C#N)cn2)C1.CCC[C@@]1(C)CC[C@H]2[C@H](CC[C@@H]3[C@@H]2CC[C@@]2(C)[C@H]3CC[C@@H]2[C@](C)(O)Cn2cc(C#N)cn2)C1.CCC[C@@]1(C)CC[C@H]2[C@H](CC[C@@H]3[C@@H]2CC[C@]2(C)[C@@H](C4(C)CO4)CC[C@@H]32)C1.N#Cc1cn[nH]c1. The number of nitrogens with zero attached hydrogens (tertiary/aromatic N) is 8. The third-order valence-corrected chi connectivity index (χ3v) is 44.2. The molecule has 21 rings (SSSR count). The number of allylic oxidation sites excluding steroid dienone is 1. The van der Waals surface area contributed by atoms with E-state index in [-0.39, 0.29) is 16.4 Å². The molecule has 3 aromatic rings. The van der Waals surface area contributed by atoms with Gasteiger partial charge >= 0.3 is 0 Å². The second-order valence-corrected chi connectivity index (χ2v) is 52.3. The summed E-state index contributed by atoms with van der Waals surface area (Å²) in [7, 11) is 0. The molecule has 0 amide bonds. The van der Waals surface area contributed by atoms with Crippen LogP contribution in [0.15, 0.2) is 49.3 Å². The van der Waals surface area contributed by atoms with Crippen LogP contribution >= 0.6 is 0 Å². The van der Waals surface area contributed by atoms with Gasteiger partial charge in [0, 0.05) is 31.8 Å². The Kier molecular flexibility index (Phi) is 29.8. The summed E-state index contributed by atoms with van der Waals surface area (Å²) >= 11 is 0. The Balaban J connectivity index is 0.000000121. The number of H-pyrrole nitrogens is 1. The van der Waals surface area contributed by atoms with Crippen molar-refractivity contribution in [2.24, 2.45) is 185 Å². The third-order valence-electron chi connectivity index (χ3n) is 44.2. The van der Waals surface area contributed by atoms with Crippen molar-refractivity contribution in [2.45, 2.75) is 436 Å². The molecule has 13 heteroatoms. The molecule has 35 atom stereocenters. The average Bonchev–Trinajstić information content (AvgIpc) is 1.63. The number of hydrogen-bond acceptors (Lipinski definition) is 10. The number of nitriles is 3. The van der Waals surface area contributed by atoms with Crippen LogP contribution in [-0.2, 0) is 22.6 Å². The van der Waals surface area contributed by atoms with Crippen molar-refractivity contribution < 1.29 is 19.7 Å². The number of nitrogens with one attached hydrogen (secondary N) is 1. The van der Waals surface area contributed by atoms with Gasteiger partial charge in [-0.3, -0.25) is 14.5 Å². The first-order valence-electron chi connectivity index (χ1n) is 55.1. The maximum Gasteiger partial charge on any atom is 0.102 e. The molecule has 13 nitrogen and oxygen atoms in total. The van der Waals surface area contributed by atoms with Crippen LogP contribution in [0.2, 0.25) is 0 Å². The molecule has 3 aromatic heterocycles. The molecule has 0 radical (unpaired) electrons. The van der Waals surface area contributed by atoms with Crippen LogP contribution in [-0.4, -0.2) is 76.6 Å².